The lowest BCUT2D eigenvalue weighted by Crippen LogP contribution is -2.54. The van der Waals surface area contributed by atoms with E-state index in [9.17, 15) is 4.79 Å². The highest BCUT2D eigenvalue weighted by molar-refractivity contribution is 14.1. The molecule has 100 valence electrons. The molecule has 0 amide bonds. The van der Waals surface area contributed by atoms with Crippen LogP contribution in [0.5, 0.6) is 0 Å². The summed E-state index contributed by atoms with van der Waals surface area (Å²) in [5, 5.41) is 0. The van der Waals surface area contributed by atoms with E-state index in [1.54, 1.807) is 0 Å². The average Bonchev–Trinajstić information content (AvgIpc) is 2.21. The molecule has 4 atom stereocenters. The summed E-state index contributed by atoms with van der Waals surface area (Å²) < 4.78 is 6.14. The van der Waals surface area contributed by atoms with Crippen molar-refractivity contribution in [2.75, 3.05) is 0 Å². The van der Waals surface area contributed by atoms with E-state index in [-0.39, 0.29) is 17.5 Å². The van der Waals surface area contributed by atoms with E-state index >= 15 is 0 Å². The topological polar surface area (TPSA) is 26.3 Å². The lowest BCUT2D eigenvalue weighted by Gasteiger charge is -2.53. The van der Waals surface area contributed by atoms with Crippen molar-refractivity contribution in [2.45, 2.75) is 64.4 Å². The Kier molecular flexibility index (Phi) is 4.54. The van der Waals surface area contributed by atoms with Gasteiger partial charge < -0.3 is 4.74 Å². The quantitative estimate of drug-likeness (QED) is 0.423. The van der Waals surface area contributed by atoms with E-state index < -0.39 is 0 Å². The average molecular weight is 352 g/mol. The van der Waals surface area contributed by atoms with Crippen molar-refractivity contribution >= 4 is 28.6 Å². The molecule has 0 aliphatic heterocycles. The minimum Gasteiger partial charge on any atom is -0.462 e. The van der Waals surface area contributed by atoms with Crippen LogP contribution in [0.25, 0.3) is 0 Å². The Morgan fingerprint density at radius 1 is 1.41 bits per heavy atom. The van der Waals surface area contributed by atoms with Gasteiger partial charge in [0.15, 0.2) is 0 Å². The molecule has 4 unspecified atom stereocenters. The predicted molar refractivity (Wildman–Crippen MR) is 79.3 cm³/mol. The largest absolute Gasteiger partial charge is 0.462 e. The maximum atomic E-state index is 11.3. The first-order chi connectivity index (χ1) is 7.64. The Morgan fingerprint density at radius 3 is 2.35 bits per heavy atom. The normalized spacial score (nSPS) is 41.0. The SMILES string of the molecule is CCC1(C)CC(C)(C)C(OC(C)=O)C(C)C1I. The Labute approximate surface area is 119 Å². The fourth-order valence-electron chi connectivity index (χ4n) is 3.50. The van der Waals surface area contributed by atoms with Crippen LogP contribution in [0.4, 0.5) is 0 Å². The summed E-state index contributed by atoms with van der Waals surface area (Å²) >= 11 is 2.55. The molecule has 1 aliphatic carbocycles. The summed E-state index contributed by atoms with van der Waals surface area (Å²) in [6, 6.07) is 0. The molecule has 1 aliphatic rings. The first-order valence-corrected chi connectivity index (χ1v) is 7.70. The third-order valence-corrected chi connectivity index (χ3v) is 6.97. The Balaban J connectivity index is 3.00. The molecule has 0 aromatic heterocycles. The highest BCUT2D eigenvalue weighted by Gasteiger charge is 2.52. The van der Waals surface area contributed by atoms with Crippen molar-refractivity contribution in [3.8, 4) is 0 Å². The van der Waals surface area contributed by atoms with Gasteiger partial charge in [0.05, 0.1) is 0 Å². The summed E-state index contributed by atoms with van der Waals surface area (Å²) in [7, 11) is 0. The first-order valence-electron chi connectivity index (χ1n) is 6.45. The Hall–Kier alpha value is 0.200. The molecule has 2 nitrogen and oxygen atoms in total. The highest BCUT2D eigenvalue weighted by Crippen LogP contribution is 2.54. The number of hydrogen-bond acceptors (Lipinski definition) is 2. The number of hydrogen-bond donors (Lipinski definition) is 0. The predicted octanol–water partition coefficient (Wildman–Crippen LogP) is 4.20. The zero-order valence-electron chi connectivity index (χ0n) is 11.8. The van der Waals surface area contributed by atoms with E-state index in [0.717, 1.165) is 6.42 Å². The van der Waals surface area contributed by atoms with Gasteiger partial charge in [-0.3, -0.25) is 4.79 Å². The van der Waals surface area contributed by atoms with Gasteiger partial charge in [0.25, 0.3) is 0 Å². The van der Waals surface area contributed by atoms with E-state index in [4.69, 9.17) is 4.74 Å². The molecule has 3 heteroatoms. The Bertz CT molecular complexity index is 301. The molecular weight excluding hydrogens is 327 g/mol. The van der Waals surface area contributed by atoms with Crippen molar-refractivity contribution in [2.24, 2.45) is 16.7 Å². The van der Waals surface area contributed by atoms with Crippen molar-refractivity contribution < 1.29 is 9.53 Å². The number of halogens is 1. The van der Waals surface area contributed by atoms with E-state index in [2.05, 4.69) is 57.2 Å². The van der Waals surface area contributed by atoms with Gasteiger partial charge in [-0.25, -0.2) is 0 Å². The lowest BCUT2D eigenvalue weighted by molar-refractivity contribution is -0.164. The van der Waals surface area contributed by atoms with E-state index in [1.165, 1.54) is 13.3 Å². The molecule has 0 aromatic carbocycles. The molecule has 0 saturated heterocycles. The zero-order valence-corrected chi connectivity index (χ0v) is 14.0. The van der Waals surface area contributed by atoms with Gasteiger partial charge in [0.1, 0.15) is 6.10 Å². The number of carbonyl (C=O) groups excluding carboxylic acids is 1. The van der Waals surface area contributed by atoms with E-state index in [0.29, 0.717) is 15.3 Å². The molecule has 0 aromatic rings. The standard InChI is InChI=1S/C14H25IO2/c1-7-14(6)8-13(4,5)12(17-10(3)16)9(2)11(14)15/h9,11-12H,7-8H2,1-6H3. The number of alkyl halides is 1. The van der Waals surface area contributed by atoms with Crippen LogP contribution in [0.1, 0.15) is 54.4 Å². The number of esters is 1. The van der Waals surface area contributed by atoms with Crippen molar-refractivity contribution in [1.29, 1.82) is 0 Å². The second kappa shape index (κ2) is 5.06. The molecule has 0 bridgehead atoms. The summed E-state index contributed by atoms with van der Waals surface area (Å²) in [5.74, 6) is 0.256. The maximum absolute atomic E-state index is 11.3. The molecule has 0 radical (unpaired) electrons. The summed E-state index contributed by atoms with van der Waals surface area (Å²) in [5.41, 5.74) is 0.414. The first kappa shape index (κ1) is 15.3. The van der Waals surface area contributed by atoms with Crippen molar-refractivity contribution in [1.82, 2.24) is 0 Å². The van der Waals surface area contributed by atoms with Crippen LogP contribution in [-0.4, -0.2) is 16.0 Å². The van der Waals surface area contributed by atoms with Crippen LogP contribution in [-0.2, 0) is 9.53 Å². The minimum absolute atomic E-state index is 0.0431. The van der Waals surface area contributed by atoms with Crippen LogP contribution >= 0.6 is 22.6 Å². The Morgan fingerprint density at radius 2 is 1.94 bits per heavy atom. The van der Waals surface area contributed by atoms with Crippen LogP contribution in [0.15, 0.2) is 0 Å². The van der Waals surface area contributed by atoms with Crippen molar-refractivity contribution in [3.05, 3.63) is 0 Å². The van der Waals surface area contributed by atoms with Crippen molar-refractivity contribution in [3.63, 3.8) is 0 Å². The van der Waals surface area contributed by atoms with Crippen LogP contribution in [0, 0.1) is 16.7 Å². The fraction of sp³-hybridized carbons (Fsp3) is 0.929. The molecule has 0 heterocycles. The molecular formula is C14H25IO2. The van der Waals surface area contributed by atoms with Gasteiger partial charge in [-0.1, -0.05) is 57.2 Å². The van der Waals surface area contributed by atoms with Gasteiger partial charge >= 0.3 is 5.97 Å². The third-order valence-electron chi connectivity index (χ3n) is 4.34. The van der Waals surface area contributed by atoms with Gasteiger partial charge in [-0.15, -0.1) is 0 Å². The van der Waals surface area contributed by atoms with Crippen LogP contribution < -0.4 is 0 Å². The molecule has 1 saturated carbocycles. The third kappa shape index (κ3) is 2.96. The summed E-state index contributed by atoms with van der Waals surface area (Å²) in [4.78, 5) is 11.3. The highest BCUT2D eigenvalue weighted by atomic mass is 127. The lowest BCUT2D eigenvalue weighted by atomic mass is 9.58. The van der Waals surface area contributed by atoms with Gasteiger partial charge in [-0.2, -0.15) is 0 Å². The minimum atomic E-state index is -0.154. The summed E-state index contributed by atoms with van der Waals surface area (Å²) in [6.45, 7) is 12.8. The number of ether oxygens (including phenoxy) is 1. The summed E-state index contributed by atoms with van der Waals surface area (Å²) in [6.07, 6.45) is 2.34. The van der Waals surface area contributed by atoms with Crippen LogP contribution in [0.3, 0.4) is 0 Å². The van der Waals surface area contributed by atoms with E-state index in [1.807, 2.05) is 0 Å². The smallest absolute Gasteiger partial charge is 0.302 e. The second-order valence-electron chi connectivity index (χ2n) is 6.46. The second-order valence-corrected chi connectivity index (χ2v) is 7.81. The number of rotatable bonds is 2. The molecule has 1 fully saturated rings. The fourth-order valence-corrected chi connectivity index (χ4v) is 4.54. The molecule has 1 rings (SSSR count). The van der Waals surface area contributed by atoms with Gasteiger partial charge in [0.2, 0.25) is 0 Å². The zero-order chi connectivity index (χ0) is 13.4. The van der Waals surface area contributed by atoms with Crippen LogP contribution in [0.2, 0.25) is 0 Å². The molecule has 17 heavy (non-hydrogen) atoms. The maximum Gasteiger partial charge on any atom is 0.302 e. The van der Waals surface area contributed by atoms with Gasteiger partial charge in [0, 0.05) is 22.2 Å². The van der Waals surface area contributed by atoms with Gasteiger partial charge in [-0.05, 0) is 18.3 Å². The molecule has 0 N–H and O–H groups in total. The monoisotopic (exact) mass is 352 g/mol. The number of carbonyl (C=O) groups is 1. The molecule has 0 spiro atoms.